The topological polar surface area (TPSA) is 57.0 Å². The first-order chi connectivity index (χ1) is 14.2. The fraction of sp³-hybridized carbons (Fsp3) is 0.348. The molecule has 2 heterocycles. The Bertz CT molecular complexity index is 952. The maximum Gasteiger partial charge on any atom is 0.226 e. The molecule has 0 aliphatic carbocycles. The highest BCUT2D eigenvalue weighted by Crippen LogP contribution is 2.39. The summed E-state index contributed by atoms with van der Waals surface area (Å²) < 4.78 is 21.9. The minimum absolute atomic E-state index is 0.289. The average Bonchev–Trinajstić information content (AvgIpc) is 3.43. The predicted molar refractivity (Wildman–Crippen MR) is 110 cm³/mol. The molecule has 1 aromatic heterocycles. The molecule has 4 rings (SSSR count). The third-order valence-corrected chi connectivity index (χ3v) is 5.42. The molecule has 0 N–H and O–H groups in total. The minimum Gasteiger partial charge on any atom is -0.497 e. The second-order valence-corrected chi connectivity index (χ2v) is 7.11. The molecule has 0 radical (unpaired) electrons. The SMILES string of the molecule is COc1ccc(-c2nc(CN3CCC[C@H]3c3ccc(OC)cc3OC)co2)cc1. The summed E-state index contributed by atoms with van der Waals surface area (Å²) in [6, 6.07) is 14.1. The van der Waals surface area contributed by atoms with Gasteiger partial charge in [-0.1, -0.05) is 6.07 Å². The Morgan fingerprint density at radius 1 is 1.00 bits per heavy atom. The largest absolute Gasteiger partial charge is 0.497 e. The van der Waals surface area contributed by atoms with Crippen LogP contribution in [0.2, 0.25) is 0 Å². The molecule has 3 aromatic rings. The Hall–Kier alpha value is -2.99. The fourth-order valence-electron chi connectivity index (χ4n) is 3.92. The van der Waals surface area contributed by atoms with Gasteiger partial charge in [-0.05, 0) is 49.7 Å². The number of benzene rings is 2. The number of nitrogens with zero attached hydrogens (tertiary/aromatic N) is 2. The van der Waals surface area contributed by atoms with Crippen molar-refractivity contribution in [2.24, 2.45) is 0 Å². The fourth-order valence-corrected chi connectivity index (χ4v) is 3.92. The number of oxazole rings is 1. The molecule has 29 heavy (non-hydrogen) atoms. The number of aromatic nitrogens is 1. The van der Waals surface area contributed by atoms with Crippen molar-refractivity contribution in [3.8, 4) is 28.7 Å². The summed E-state index contributed by atoms with van der Waals surface area (Å²) in [5.41, 5.74) is 3.05. The second kappa shape index (κ2) is 8.57. The van der Waals surface area contributed by atoms with Crippen LogP contribution in [-0.4, -0.2) is 37.8 Å². The third-order valence-electron chi connectivity index (χ3n) is 5.42. The summed E-state index contributed by atoms with van der Waals surface area (Å²) in [6.45, 7) is 1.75. The minimum atomic E-state index is 0.289. The van der Waals surface area contributed by atoms with Gasteiger partial charge in [0.1, 0.15) is 23.5 Å². The van der Waals surface area contributed by atoms with Crippen molar-refractivity contribution < 1.29 is 18.6 Å². The molecule has 1 aliphatic heterocycles. The summed E-state index contributed by atoms with van der Waals surface area (Å²) in [6.07, 6.45) is 3.98. The molecule has 0 spiro atoms. The van der Waals surface area contributed by atoms with E-state index in [2.05, 4.69) is 11.0 Å². The van der Waals surface area contributed by atoms with Gasteiger partial charge in [-0.2, -0.15) is 0 Å². The smallest absolute Gasteiger partial charge is 0.226 e. The van der Waals surface area contributed by atoms with Crippen LogP contribution in [0.4, 0.5) is 0 Å². The van der Waals surface area contributed by atoms with Crippen LogP contribution in [0.1, 0.15) is 30.1 Å². The molecule has 0 unspecified atom stereocenters. The molecular weight excluding hydrogens is 368 g/mol. The lowest BCUT2D eigenvalue weighted by molar-refractivity contribution is 0.240. The normalized spacial score (nSPS) is 16.7. The van der Waals surface area contributed by atoms with Gasteiger partial charge in [-0.3, -0.25) is 4.90 Å². The highest BCUT2D eigenvalue weighted by molar-refractivity contribution is 5.54. The van der Waals surface area contributed by atoms with Crippen LogP contribution in [0, 0.1) is 0 Å². The summed E-state index contributed by atoms with van der Waals surface area (Å²) in [5.74, 6) is 3.10. The van der Waals surface area contributed by atoms with E-state index in [1.807, 2.05) is 36.4 Å². The maximum atomic E-state index is 5.73. The lowest BCUT2D eigenvalue weighted by Crippen LogP contribution is -2.23. The molecule has 2 aromatic carbocycles. The molecular formula is C23H26N2O4. The zero-order valence-corrected chi connectivity index (χ0v) is 17.1. The van der Waals surface area contributed by atoms with E-state index in [0.717, 1.165) is 54.4 Å². The summed E-state index contributed by atoms with van der Waals surface area (Å²) >= 11 is 0. The van der Waals surface area contributed by atoms with E-state index in [9.17, 15) is 0 Å². The van der Waals surface area contributed by atoms with Crippen molar-refractivity contribution in [2.75, 3.05) is 27.9 Å². The van der Waals surface area contributed by atoms with E-state index in [1.165, 1.54) is 5.56 Å². The van der Waals surface area contributed by atoms with Gasteiger partial charge in [0, 0.05) is 29.8 Å². The molecule has 6 nitrogen and oxygen atoms in total. The first-order valence-corrected chi connectivity index (χ1v) is 9.76. The average molecular weight is 394 g/mol. The molecule has 0 amide bonds. The van der Waals surface area contributed by atoms with E-state index in [-0.39, 0.29) is 6.04 Å². The first kappa shape index (κ1) is 19.3. The van der Waals surface area contributed by atoms with E-state index in [4.69, 9.17) is 23.6 Å². The van der Waals surface area contributed by atoms with Crippen LogP contribution in [0.25, 0.3) is 11.5 Å². The van der Waals surface area contributed by atoms with Crippen LogP contribution in [0.15, 0.2) is 53.1 Å². The van der Waals surface area contributed by atoms with Crippen molar-refractivity contribution in [2.45, 2.75) is 25.4 Å². The molecule has 152 valence electrons. The Balaban J connectivity index is 1.51. The molecule has 6 heteroatoms. The first-order valence-electron chi connectivity index (χ1n) is 9.76. The van der Waals surface area contributed by atoms with Crippen molar-refractivity contribution in [3.05, 3.63) is 60.0 Å². The van der Waals surface area contributed by atoms with Crippen LogP contribution in [0.5, 0.6) is 17.2 Å². The predicted octanol–water partition coefficient (Wildman–Crippen LogP) is 4.70. The molecule has 0 saturated carbocycles. The van der Waals surface area contributed by atoms with Crippen LogP contribution in [-0.2, 0) is 6.54 Å². The van der Waals surface area contributed by atoms with Crippen molar-refractivity contribution in [1.29, 1.82) is 0 Å². The van der Waals surface area contributed by atoms with Gasteiger partial charge in [0.2, 0.25) is 5.89 Å². The van der Waals surface area contributed by atoms with Gasteiger partial charge in [0.25, 0.3) is 0 Å². The van der Waals surface area contributed by atoms with Crippen LogP contribution in [0.3, 0.4) is 0 Å². The number of ether oxygens (including phenoxy) is 3. The summed E-state index contributed by atoms with van der Waals surface area (Å²) in [4.78, 5) is 7.13. The van der Waals surface area contributed by atoms with Crippen molar-refractivity contribution >= 4 is 0 Å². The Kier molecular flexibility index (Phi) is 5.71. The standard InChI is InChI=1S/C23H26N2O4/c1-26-18-8-6-16(7-9-18)23-24-17(15-29-23)14-25-12-4-5-21(25)20-11-10-19(27-2)13-22(20)28-3/h6-11,13,15,21H,4-5,12,14H2,1-3H3/t21-/m0/s1. The number of methoxy groups -OCH3 is 3. The molecule has 1 saturated heterocycles. The van der Waals surface area contributed by atoms with Gasteiger partial charge in [0.05, 0.1) is 27.0 Å². The monoisotopic (exact) mass is 394 g/mol. The molecule has 1 aliphatic rings. The van der Waals surface area contributed by atoms with E-state index < -0.39 is 0 Å². The highest BCUT2D eigenvalue weighted by atomic mass is 16.5. The Morgan fingerprint density at radius 3 is 2.48 bits per heavy atom. The lowest BCUT2D eigenvalue weighted by atomic mass is 10.0. The number of rotatable bonds is 7. The zero-order valence-electron chi connectivity index (χ0n) is 17.1. The third kappa shape index (κ3) is 4.07. The lowest BCUT2D eigenvalue weighted by Gasteiger charge is -2.25. The van der Waals surface area contributed by atoms with E-state index >= 15 is 0 Å². The van der Waals surface area contributed by atoms with Crippen LogP contribution >= 0.6 is 0 Å². The van der Waals surface area contributed by atoms with E-state index in [1.54, 1.807) is 27.6 Å². The van der Waals surface area contributed by atoms with Gasteiger partial charge in [-0.25, -0.2) is 4.98 Å². The van der Waals surface area contributed by atoms with Gasteiger partial charge in [0.15, 0.2) is 0 Å². The molecule has 0 bridgehead atoms. The van der Waals surface area contributed by atoms with Crippen molar-refractivity contribution in [3.63, 3.8) is 0 Å². The quantitative estimate of drug-likeness (QED) is 0.579. The molecule has 1 atom stereocenters. The number of hydrogen-bond acceptors (Lipinski definition) is 6. The summed E-state index contributed by atoms with van der Waals surface area (Å²) in [5, 5.41) is 0. The maximum absolute atomic E-state index is 5.73. The highest BCUT2D eigenvalue weighted by Gasteiger charge is 2.29. The number of likely N-dealkylation sites (tertiary alicyclic amines) is 1. The zero-order chi connectivity index (χ0) is 20.2. The molecule has 1 fully saturated rings. The number of hydrogen-bond donors (Lipinski definition) is 0. The Labute approximate surface area is 171 Å². The second-order valence-electron chi connectivity index (χ2n) is 7.11. The van der Waals surface area contributed by atoms with Gasteiger partial charge < -0.3 is 18.6 Å². The summed E-state index contributed by atoms with van der Waals surface area (Å²) in [7, 11) is 5.03. The van der Waals surface area contributed by atoms with Gasteiger partial charge in [-0.15, -0.1) is 0 Å². The van der Waals surface area contributed by atoms with Crippen LogP contribution < -0.4 is 14.2 Å². The Morgan fingerprint density at radius 2 is 1.76 bits per heavy atom. The van der Waals surface area contributed by atoms with Crippen molar-refractivity contribution in [1.82, 2.24) is 9.88 Å². The van der Waals surface area contributed by atoms with E-state index in [0.29, 0.717) is 5.89 Å². The van der Waals surface area contributed by atoms with Gasteiger partial charge >= 0.3 is 0 Å².